The zero-order valence-electron chi connectivity index (χ0n) is 36.0. The third kappa shape index (κ3) is 42.7. The van der Waals surface area contributed by atoms with Crippen LogP contribution in [0.2, 0.25) is 0 Å². The van der Waals surface area contributed by atoms with E-state index in [0.29, 0.717) is 6.42 Å². The summed E-state index contributed by atoms with van der Waals surface area (Å²) in [6, 6.07) is -1.09. The van der Waals surface area contributed by atoms with Gasteiger partial charge in [0.05, 0.1) is 17.9 Å². The molecule has 0 aliphatic carbocycles. The minimum Gasteiger partial charge on any atom is -0.387 e. The van der Waals surface area contributed by atoms with Crippen LogP contribution in [0.25, 0.3) is 0 Å². The molecule has 0 rings (SSSR count). The van der Waals surface area contributed by atoms with Gasteiger partial charge in [-0.2, -0.15) is 8.42 Å². The van der Waals surface area contributed by atoms with Crippen molar-refractivity contribution in [2.45, 2.75) is 212 Å². The fraction of sp³-hybridized carbons (Fsp3) is 0.694. The first-order chi connectivity index (χ1) is 27.3. The van der Waals surface area contributed by atoms with E-state index in [-0.39, 0.29) is 12.3 Å². The molecule has 7 heteroatoms. The molecule has 0 aliphatic rings. The molecule has 0 bridgehead atoms. The van der Waals surface area contributed by atoms with Crippen LogP contribution in [0.5, 0.6) is 0 Å². The average molecular weight is 800 g/mol. The lowest BCUT2D eigenvalue weighted by Gasteiger charge is -2.21. The van der Waals surface area contributed by atoms with Crippen molar-refractivity contribution in [1.29, 1.82) is 0 Å². The van der Waals surface area contributed by atoms with E-state index in [1.807, 2.05) is 6.08 Å². The number of carbonyl (C=O) groups is 1. The van der Waals surface area contributed by atoms with Gasteiger partial charge in [0.1, 0.15) is 0 Å². The maximum Gasteiger partial charge on any atom is 0.267 e. The van der Waals surface area contributed by atoms with Crippen LogP contribution in [0.15, 0.2) is 85.1 Å². The maximum absolute atomic E-state index is 12.5. The van der Waals surface area contributed by atoms with Crippen LogP contribution in [0.3, 0.4) is 0 Å². The molecule has 0 aliphatic heterocycles. The molecular weight excluding hydrogens is 715 g/mol. The molecule has 6 nitrogen and oxygen atoms in total. The lowest BCUT2D eigenvalue weighted by molar-refractivity contribution is -0.122. The molecule has 1 amide bonds. The zero-order valence-corrected chi connectivity index (χ0v) is 36.8. The summed E-state index contributed by atoms with van der Waals surface area (Å²) in [5, 5.41) is 13.2. The Bertz CT molecular complexity index is 1200. The summed E-state index contributed by atoms with van der Waals surface area (Å²) in [5.41, 5.74) is 0. The van der Waals surface area contributed by atoms with Crippen LogP contribution in [0.4, 0.5) is 0 Å². The predicted molar refractivity (Wildman–Crippen MR) is 244 cm³/mol. The van der Waals surface area contributed by atoms with Crippen LogP contribution in [-0.4, -0.2) is 41.9 Å². The van der Waals surface area contributed by atoms with Crippen LogP contribution in [-0.2, 0) is 14.9 Å². The minimum absolute atomic E-state index is 0.236. The van der Waals surface area contributed by atoms with Crippen molar-refractivity contribution in [2.24, 2.45) is 0 Å². The molecule has 56 heavy (non-hydrogen) atoms. The first-order valence-corrected chi connectivity index (χ1v) is 24.4. The SMILES string of the molecule is CC/C=C\C/C=C\C/C=C\C/C=C\C/C=C\C/C=C\CCCCC(=O)NC(CS(=O)(=O)O)C(O)/C=C/CCCCCCCCCCCCCCCCCCCC. The van der Waals surface area contributed by atoms with Gasteiger partial charge in [0.25, 0.3) is 10.1 Å². The molecule has 2 unspecified atom stereocenters. The van der Waals surface area contributed by atoms with E-state index < -0.39 is 28.0 Å². The quantitative estimate of drug-likeness (QED) is 0.0325. The highest BCUT2D eigenvalue weighted by Gasteiger charge is 2.24. The van der Waals surface area contributed by atoms with E-state index in [1.54, 1.807) is 6.08 Å². The summed E-state index contributed by atoms with van der Waals surface area (Å²) in [6.45, 7) is 4.42. The Hall–Kier alpha value is -2.48. The van der Waals surface area contributed by atoms with Gasteiger partial charge in [-0.25, -0.2) is 0 Å². The fourth-order valence-corrected chi connectivity index (χ4v) is 7.19. The van der Waals surface area contributed by atoms with Crippen LogP contribution in [0, 0.1) is 0 Å². The Morgan fingerprint density at radius 1 is 0.500 bits per heavy atom. The van der Waals surface area contributed by atoms with Crippen LogP contribution < -0.4 is 5.32 Å². The third-order valence-corrected chi connectivity index (χ3v) is 10.6. The second-order valence-corrected chi connectivity index (χ2v) is 16.8. The Labute approximate surface area is 346 Å². The largest absolute Gasteiger partial charge is 0.387 e. The van der Waals surface area contributed by atoms with Gasteiger partial charge in [0, 0.05) is 6.42 Å². The van der Waals surface area contributed by atoms with Gasteiger partial charge in [0.2, 0.25) is 5.91 Å². The smallest absolute Gasteiger partial charge is 0.267 e. The molecule has 0 saturated heterocycles. The van der Waals surface area contributed by atoms with Gasteiger partial charge >= 0.3 is 0 Å². The monoisotopic (exact) mass is 800 g/mol. The summed E-state index contributed by atoms with van der Waals surface area (Å²) in [4.78, 5) is 12.5. The lowest BCUT2D eigenvalue weighted by Crippen LogP contribution is -2.46. The van der Waals surface area contributed by atoms with Crippen molar-refractivity contribution in [3.8, 4) is 0 Å². The Morgan fingerprint density at radius 2 is 0.857 bits per heavy atom. The average Bonchev–Trinajstić information content (AvgIpc) is 3.16. The van der Waals surface area contributed by atoms with E-state index in [1.165, 1.54) is 103 Å². The van der Waals surface area contributed by atoms with E-state index >= 15 is 0 Å². The summed E-state index contributed by atoms with van der Waals surface area (Å²) in [6.07, 6.45) is 61.5. The number of allylic oxidation sites excluding steroid dienone is 13. The van der Waals surface area contributed by atoms with Gasteiger partial charge in [0.15, 0.2) is 0 Å². The highest BCUT2D eigenvalue weighted by Crippen LogP contribution is 2.15. The fourth-order valence-electron chi connectivity index (χ4n) is 6.45. The molecule has 3 N–H and O–H groups in total. The minimum atomic E-state index is -4.37. The van der Waals surface area contributed by atoms with Gasteiger partial charge in [-0.05, 0) is 70.6 Å². The number of unbranched alkanes of at least 4 members (excludes halogenated alkanes) is 20. The molecule has 2 atom stereocenters. The normalized spacial score (nSPS) is 14.0. The number of aliphatic hydroxyl groups excluding tert-OH is 1. The Kier molecular flexibility index (Phi) is 40.3. The van der Waals surface area contributed by atoms with Crippen molar-refractivity contribution in [1.82, 2.24) is 5.32 Å². The van der Waals surface area contributed by atoms with E-state index in [9.17, 15) is 22.9 Å². The van der Waals surface area contributed by atoms with Crippen molar-refractivity contribution in [3.63, 3.8) is 0 Å². The topological polar surface area (TPSA) is 104 Å². The molecule has 0 aromatic heterocycles. The second-order valence-electron chi connectivity index (χ2n) is 15.3. The number of amides is 1. The Morgan fingerprint density at radius 3 is 1.27 bits per heavy atom. The number of hydrogen-bond acceptors (Lipinski definition) is 4. The molecule has 0 fully saturated rings. The summed E-state index contributed by atoms with van der Waals surface area (Å²) < 4.78 is 32.6. The highest BCUT2D eigenvalue weighted by atomic mass is 32.2. The van der Waals surface area contributed by atoms with E-state index in [2.05, 4.69) is 92.1 Å². The molecule has 0 heterocycles. The van der Waals surface area contributed by atoms with Crippen molar-refractivity contribution < 1.29 is 22.9 Å². The third-order valence-electron chi connectivity index (χ3n) is 9.83. The zero-order chi connectivity index (χ0) is 41.1. The van der Waals surface area contributed by atoms with Crippen molar-refractivity contribution in [2.75, 3.05) is 5.75 Å². The second kappa shape index (κ2) is 42.1. The molecule has 0 saturated carbocycles. The summed E-state index contributed by atoms with van der Waals surface area (Å²) >= 11 is 0. The molecule has 0 aromatic rings. The molecule has 0 radical (unpaired) electrons. The van der Waals surface area contributed by atoms with Gasteiger partial charge < -0.3 is 10.4 Å². The molecule has 0 aromatic carbocycles. The van der Waals surface area contributed by atoms with E-state index in [4.69, 9.17) is 0 Å². The Balaban J connectivity index is 3.98. The highest BCUT2D eigenvalue weighted by molar-refractivity contribution is 7.85. The number of aliphatic hydroxyl groups is 1. The standard InChI is InChI=1S/C49H85NO5S/c1-3-5-7-9-11-13-15-17-19-21-23-25-27-29-31-33-35-37-39-41-43-45-49(52)50-47(46-56(53,54)55)48(51)44-42-40-38-36-34-32-30-28-26-24-22-20-18-16-14-12-10-8-6-4-2/h5,7,11,13,17,19,23,25,29,31,35,37,42,44,47-48,51H,3-4,6,8-10,12,14-16,18,20-22,24,26-28,30,32-34,36,38-41,43,45-46H2,1-2H3,(H,50,52)(H,53,54,55)/b7-5-,13-11-,19-17-,25-23-,31-29-,37-35-,44-42+. The van der Waals surface area contributed by atoms with Gasteiger partial charge in [-0.3, -0.25) is 9.35 Å². The number of rotatable bonds is 40. The van der Waals surface area contributed by atoms with E-state index in [0.717, 1.165) is 70.6 Å². The molecular formula is C49H85NO5S. The lowest BCUT2D eigenvalue weighted by atomic mass is 10.0. The van der Waals surface area contributed by atoms with Crippen LogP contribution in [0.1, 0.15) is 200 Å². The first kappa shape index (κ1) is 53.5. The first-order valence-electron chi connectivity index (χ1n) is 22.8. The summed E-state index contributed by atoms with van der Waals surface area (Å²) in [7, 11) is -4.37. The maximum atomic E-state index is 12.5. The number of nitrogens with one attached hydrogen (secondary N) is 1. The molecule has 0 spiro atoms. The van der Waals surface area contributed by atoms with Crippen molar-refractivity contribution in [3.05, 3.63) is 85.1 Å². The summed E-state index contributed by atoms with van der Waals surface area (Å²) in [5.74, 6) is -1.04. The van der Waals surface area contributed by atoms with Crippen molar-refractivity contribution >= 4 is 16.0 Å². The molecule has 322 valence electrons. The van der Waals surface area contributed by atoms with Crippen LogP contribution >= 0.6 is 0 Å². The predicted octanol–water partition coefficient (Wildman–Crippen LogP) is 14.0. The van der Waals surface area contributed by atoms with Gasteiger partial charge in [-0.15, -0.1) is 0 Å². The number of carbonyl (C=O) groups excluding carboxylic acids is 1. The van der Waals surface area contributed by atoms with Gasteiger partial charge in [-0.1, -0.05) is 208 Å². The number of hydrogen-bond donors (Lipinski definition) is 3.